The summed E-state index contributed by atoms with van der Waals surface area (Å²) in [5.74, 6) is -0.267. The van der Waals surface area contributed by atoms with Crippen LogP contribution in [0.5, 0.6) is 0 Å². The van der Waals surface area contributed by atoms with E-state index in [-0.39, 0.29) is 24.3 Å². The second-order valence-electron chi connectivity index (χ2n) is 7.93. The van der Waals surface area contributed by atoms with Gasteiger partial charge in [0.05, 0.1) is 5.01 Å². The predicted octanol–water partition coefficient (Wildman–Crippen LogP) is 2.24. The van der Waals surface area contributed by atoms with Gasteiger partial charge in [-0.1, -0.05) is 24.3 Å². The molecule has 2 atom stereocenters. The number of aryl methyl sites for hydroxylation is 1. The van der Waals surface area contributed by atoms with Crippen LogP contribution in [-0.4, -0.2) is 52.3 Å². The lowest BCUT2D eigenvalue weighted by Gasteiger charge is -2.32. The van der Waals surface area contributed by atoms with Crippen LogP contribution in [-0.2, 0) is 21.5 Å². The quantitative estimate of drug-likeness (QED) is 0.787. The molecule has 1 spiro atoms. The number of nitrogens with zero attached hydrogens (tertiary/aromatic N) is 3. The highest BCUT2D eigenvalue weighted by Crippen LogP contribution is 2.41. The molecule has 0 saturated carbocycles. The maximum absolute atomic E-state index is 13.2. The second-order valence-corrected chi connectivity index (χ2v) is 8.86. The SMILES string of the molecule is O=C(CN1C(=O)NC2(CCc3ccccc32)C1=O)N1CCCC(c2nccs2)C1. The summed E-state index contributed by atoms with van der Waals surface area (Å²) in [4.78, 5) is 46.1. The number of hydrogen-bond acceptors (Lipinski definition) is 5. The number of nitrogens with one attached hydrogen (secondary N) is 1. The Morgan fingerprint density at radius 1 is 1.31 bits per heavy atom. The van der Waals surface area contributed by atoms with Crippen LogP contribution in [0.3, 0.4) is 0 Å². The van der Waals surface area contributed by atoms with E-state index in [0.717, 1.165) is 40.3 Å². The molecule has 2 saturated heterocycles. The van der Waals surface area contributed by atoms with Crippen molar-refractivity contribution in [1.82, 2.24) is 20.1 Å². The Morgan fingerprint density at radius 3 is 3.00 bits per heavy atom. The van der Waals surface area contributed by atoms with Gasteiger partial charge in [-0.05, 0) is 36.8 Å². The molecule has 1 aromatic heterocycles. The molecule has 3 heterocycles. The number of aromatic nitrogens is 1. The smallest absolute Gasteiger partial charge is 0.325 e. The summed E-state index contributed by atoms with van der Waals surface area (Å²) >= 11 is 1.61. The van der Waals surface area contributed by atoms with Crippen LogP contribution < -0.4 is 5.32 Å². The fourth-order valence-corrected chi connectivity index (χ4v) is 5.58. The number of carbonyl (C=O) groups excluding carboxylic acids is 3. The molecule has 0 bridgehead atoms. The first-order valence-electron chi connectivity index (χ1n) is 9.98. The van der Waals surface area contributed by atoms with Gasteiger partial charge in [-0.3, -0.25) is 14.5 Å². The van der Waals surface area contributed by atoms with E-state index >= 15 is 0 Å². The maximum atomic E-state index is 13.2. The number of amides is 4. The molecule has 2 aromatic rings. The van der Waals surface area contributed by atoms with E-state index in [0.29, 0.717) is 19.5 Å². The van der Waals surface area contributed by atoms with Gasteiger partial charge in [0.1, 0.15) is 12.1 Å². The number of fused-ring (bicyclic) bond motifs is 2. The lowest BCUT2D eigenvalue weighted by atomic mass is 9.92. The zero-order chi connectivity index (χ0) is 20.0. The van der Waals surface area contributed by atoms with Crippen molar-refractivity contribution < 1.29 is 14.4 Å². The van der Waals surface area contributed by atoms with E-state index in [4.69, 9.17) is 0 Å². The largest absolute Gasteiger partial charge is 0.340 e. The van der Waals surface area contributed by atoms with E-state index in [2.05, 4.69) is 10.3 Å². The number of thiazole rings is 1. The van der Waals surface area contributed by atoms with E-state index in [1.165, 1.54) is 0 Å². The van der Waals surface area contributed by atoms with Gasteiger partial charge in [0.25, 0.3) is 5.91 Å². The summed E-state index contributed by atoms with van der Waals surface area (Å²) in [5.41, 5.74) is 0.922. The van der Waals surface area contributed by atoms with Crippen LogP contribution in [0.25, 0.3) is 0 Å². The third-order valence-electron chi connectivity index (χ3n) is 6.29. The highest BCUT2D eigenvalue weighted by Gasteiger charge is 2.55. The van der Waals surface area contributed by atoms with Gasteiger partial charge in [0.2, 0.25) is 5.91 Å². The fraction of sp³-hybridized carbons (Fsp3) is 0.429. The zero-order valence-corrected chi connectivity index (χ0v) is 16.8. The van der Waals surface area contributed by atoms with Crippen molar-refractivity contribution in [2.45, 2.75) is 37.1 Å². The van der Waals surface area contributed by atoms with Crippen LogP contribution >= 0.6 is 11.3 Å². The van der Waals surface area contributed by atoms with Crippen molar-refractivity contribution in [3.05, 3.63) is 52.0 Å². The number of piperidine rings is 1. The van der Waals surface area contributed by atoms with Gasteiger partial charge in [0.15, 0.2) is 0 Å². The number of hydrogen-bond donors (Lipinski definition) is 1. The summed E-state index contributed by atoms with van der Waals surface area (Å²) < 4.78 is 0. The lowest BCUT2D eigenvalue weighted by molar-refractivity contribution is -0.139. The molecule has 5 rings (SSSR count). The van der Waals surface area contributed by atoms with Gasteiger partial charge < -0.3 is 10.2 Å². The zero-order valence-electron chi connectivity index (χ0n) is 16.0. The molecule has 1 aromatic carbocycles. The Balaban J connectivity index is 1.31. The molecule has 8 heteroatoms. The lowest BCUT2D eigenvalue weighted by Crippen LogP contribution is -2.47. The predicted molar refractivity (Wildman–Crippen MR) is 107 cm³/mol. The van der Waals surface area contributed by atoms with Crippen molar-refractivity contribution in [1.29, 1.82) is 0 Å². The number of imide groups is 1. The van der Waals surface area contributed by atoms with Crippen molar-refractivity contribution in [3.8, 4) is 0 Å². The molecule has 7 nitrogen and oxygen atoms in total. The molecular formula is C21H22N4O3S. The first-order valence-corrected chi connectivity index (χ1v) is 10.9. The average Bonchev–Trinajstić information content (AvgIpc) is 3.45. The van der Waals surface area contributed by atoms with E-state index in [1.807, 2.05) is 29.6 Å². The number of rotatable bonds is 3. The van der Waals surface area contributed by atoms with Crippen molar-refractivity contribution in [2.24, 2.45) is 0 Å². The Labute approximate surface area is 172 Å². The Kier molecular flexibility index (Phi) is 4.38. The van der Waals surface area contributed by atoms with E-state index < -0.39 is 11.6 Å². The Hall–Kier alpha value is -2.74. The second kappa shape index (κ2) is 6.95. The molecule has 3 aliphatic rings. The van der Waals surface area contributed by atoms with Crippen LogP contribution in [0.1, 0.15) is 41.3 Å². The molecule has 1 N–H and O–H groups in total. The Bertz CT molecular complexity index is 976. The van der Waals surface area contributed by atoms with Gasteiger partial charge in [0, 0.05) is 30.6 Å². The molecule has 1 aliphatic carbocycles. The fourth-order valence-electron chi connectivity index (χ4n) is 4.81. The van der Waals surface area contributed by atoms with Gasteiger partial charge in [-0.2, -0.15) is 0 Å². The molecule has 2 fully saturated rings. The normalized spacial score (nSPS) is 26.1. The third kappa shape index (κ3) is 2.93. The molecule has 2 aliphatic heterocycles. The molecule has 150 valence electrons. The van der Waals surface area contributed by atoms with Crippen molar-refractivity contribution >= 4 is 29.2 Å². The molecule has 29 heavy (non-hydrogen) atoms. The van der Waals surface area contributed by atoms with Crippen LogP contribution in [0.4, 0.5) is 4.79 Å². The molecule has 2 unspecified atom stereocenters. The number of likely N-dealkylation sites (tertiary alicyclic amines) is 1. The minimum Gasteiger partial charge on any atom is -0.340 e. The summed E-state index contributed by atoms with van der Waals surface area (Å²) in [7, 11) is 0. The summed E-state index contributed by atoms with van der Waals surface area (Å²) in [6, 6.07) is 7.23. The molecule has 4 amide bonds. The Morgan fingerprint density at radius 2 is 2.17 bits per heavy atom. The van der Waals surface area contributed by atoms with Crippen LogP contribution in [0.2, 0.25) is 0 Å². The van der Waals surface area contributed by atoms with Gasteiger partial charge in [-0.25, -0.2) is 9.78 Å². The standard InChI is InChI=1S/C21H22N4O3S/c26-17(24-10-3-5-15(12-24)18-22-9-11-29-18)13-25-19(27)21(23-20(25)28)8-7-14-4-1-2-6-16(14)21/h1-2,4,6,9,11,15H,3,5,7-8,10,12-13H2,(H,23,28). The number of urea groups is 1. The van der Waals surface area contributed by atoms with Crippen molar-refractivity contribution in [3.63, 3.8) is 0 Å². The molecular weight excluding hydrogens is 388 g/mol. The van der Waals surface area contributed by atoms with Crippen molar-refractivity contribution in [2.75, 3.05) is 19.6 Å². The monoisotopic (exact) mass is 410 g/mol. The third-order valence-corrected chi connectivity index (χ3v) is 7.23. The molecule has 0 radical (unpaired) electrons. The first-order chi connectivity index (χ1) is 14.1. The highest BCUT2D eigenvalue weighted by atomic mass is 32.1. The van der Waals surface area contributed by atoms with Crippen LogP contribution in [0, 0.1) is 0 Å². The van der Waals surface area contributed by atoms with E-state index in [1.54, 1.807) is 22.4 Å². The number of carbonyl (C=O) groups is 3. The van der Waals surface area contributed by atoms with Crippen LogP contribution in [0.15, 0.2) is 35.8 Å². The summed E-state index contributed by atoms with van der Waals surface area (Å²) in [6.45, 7) is 1.03. The summed E-state index contributed by atoms with van der Waals surface area (Å²) in [6.07, 6.45) is 4.96. The van der Waals surface area contributed by atoms with Gasteiger partial charge in [-0.15, -0.1) is 11.3 Å². The minimum absolute atomic E-state index is 0.182. The average molecular weight is 410 g/mol. The topological polar surface area (TPSA) is 82.6 Å². The maximum Gasteiger partial charge on any atom is 0.325 e. The minimum atomic E-state index is -1.01. The summed E-state index contributed by atoms with van der Waals surface area (Å²) in [5, 5.41) is 5.87. The number of benzene rings is 1. The van der Waals surface area contributed by atoms with E-state index in [9.17, 15) is 14.4 Å². The highest BCUT2D eigenvalue weighted by molar-refractivity contribution is 7.09. The first kappa shape index (κ1) is 18.3. The van der Waals surface area contributed by atoms with Gasteiger partial charge >= 0.3 is 6.03 Å².